The van der Waals surface area contributed by atoms with Gasteiger partial charge in [-0.25, -0.2) is 14.7 Å². The zero-order valence-corrected chi connectivity index (χ0v) is 8.43. The van der Waals surface area contributed by atoms with E-state index < -0.39 is 5.97 Å². The number of nitrogens with zero attached hydrogens (tertiary/aromatic N) is 2. The lowest BCUT2D eigenvalue weighted by Gasteiger charge is -1.94. The molecule has 0 radical (unpaired) electrons. The minimum absolute atomic E-state index is 0.103. The van der Waals surface area contributed by atoms with Crippen LogP contribution >= 0.6 is 0 Å². The van der Waals surface area contributed by atoms with E-state index in [0.29, 0.717) is 11.5 Å². The molecule has 0 saturated heterocycles. The topological polar surface area (TPSA) is 101 Å². The molecule has 0 amide bonds. The van der Waals surface area contributed by atoms with Crippen LogP contribution < -0.4 is 5.69 Å². The lowest BCUT2D eigenvalue weighted by molar-refractivity contribution is 0.0695. The molecule has 0 unspecified atom stereocenters. The van der Waals surface area contributed by atoms with Crippen molar-refractivity contribution in [3.05, 3.63) is 40.0 Å². The molecule has 0 spiro atoms. The van der Waals surface area contributed by atoms with Gasteiger partial charge in [0.25, 0.3) is 0 Å². The molecule has 0 aliphatic heterocycles. The molecule has 0 saturated carbocycles. The van der Waals surface area contributed by atoms with E-state index in [2.05, 4.69) is 10.2 Å². The first-order valence-corrected chi connectivity index (χ1v) is 4.50. The average molecular weight is 223 g/mol. The molecule has 0 aliphatic rings. The summed E-state index contributed by atoms with van der Waals surface area (Å²) in [6, 6.07) is 1.40. The van der Waals surface area contributed by atoms with Gasteiger partial charge in [-0.1, -0.05) is 0 Å². The fourth-order valence-corrected chi connectivity index (χ4v) is 1.38. The molecule has 16 heavy (non-hydrogen) atoms. The molecule has 0 atom stereocenters. The molecule has 2 rings (SSSR count). The van der Waals surface area contributed by atoms with E-state index >= 15 is 0 Å². The summed E-state index contributed by atoms with van der Waals surface area (Å²) in [4.78, 5) is 21.9. The van der Waals surface area contributed by atoms with Crippen LogP contribution in [0.15, 0.2) is 21.6 Å². The number of aromatic carboxylic acids is 1. The van der Waals surface area contributed by atoms with Crippen molar-refractivity contribution in [2.75, 3.05) is 0 Å². The van der Waals surface area contributed by atoms with Gasteiger partial charge in [0.2, 0.25) is 0 Å². The molecule has 84 valence electrons. The molecule has 2 aromatic heterocycles. The predicted octanol–water partition coefficient (Wildman–Crippen LogP) is 0.219. The zero-order valence-electron chi connectivity index (χ0n) is 8.43. The molecular weight excluding hydrogens is 214 g/mol. The van der Waals surface area contributed by atoms with Crippen LogP contribution in [-0.2, 0) is 6.54 Å². The summed E-state index contributed by atoms with van der Waals surface area (Å²) in [6.07, 6.45) is 1.32. The molecule has 7 heteroatoms. The number of hydrogen-bond acceptors (Lipinski definition) is 4. The second-order valence-corrected chi connectivity index (χ2v) is 3.28. The highest BCUT2D eigenvalue weighted by atomic mass is 16.4. The number of carboxylic acids is 1. The Bertz CT molecular complexity index is 578. The Hall–Kier alpha value is -2.31. The Kier molecular flexibility index (Phi) is 2.35. The van der Waals surface area contributed by atoms with Crippen LogP contribution in [-0.4, -0.2) is 25.8 Å². The van der Waals surface area contributed by atoms with E-state index in [-0.39, 0.29) is 17.8 Å². The molecular formula is C9H9N3O4. The zero-order chi connectivity index (χ0) is 11.7. The van der Waals surface area contributed by atoms with Crippen LogP contribution in [0.2, 0.25) is 0 Å². The number of aromatic amines is 1. The summed E-state index contributed by atoms with van der Waals surface area (Å²) in [5.41, 5.74) is -0.266. The van der Waals surface area contributed by atoms with Crippen molar-refractivity contribution in [2.24, 2.45) is 0 Å². The molecule has 0 fully saturated rings. The van der Waals surface area contributed by atoms with E-state index in [0.717, 1.165) is 0 Å². The largest absolute Gasteiger partial charge is 0.478 e. The van der Waals surface area contributed by atoms with Gasteiger partial charge in [-0.3, -0.25) is 4.57 Å². The number of hydrogen-bond donors (Lipinski definition) is 2. The number of rotatable bonds is 3. The lowest BCUT2D eigenvalue weighted by atomic mass is 10.2. The van der Waals surface area contributed by atoms with Gasteiger partial charge in [-0.2, -0.15) is 5.10 Å². The van der Waals surface area contributed by atoms with Gasteiger partial charge in [0.1, 0.15) is 23.4 Å². The predicted molar refractivity (Wildman–Crippen MR) is 52.4 cm³/mol. The maximum absolute atomic E-state index is 11.1. The second-order valence-electron chi connectivity index (χ2n) is 3.28. The Balaban J connectivity index is 2.30. The summed E-state index contributed by atoms with van der Waals surface area (Å²) in [7, 11) is 0. The van der Waals surface area contributed by atoms with E-state index in [1.807, 2.05) is 0 Å². The van der Waals surface area contributed by atoms with Crippen LogP contribution in [0, 0.1) is 6.92 Å². The van der Waals surface area contributed by atoms with Crippen LogP contribution in [0.3, 0.4) is 0 Å². The first kappa shape index (κ1) is 10.2. The second kappa shape index (κ2) is 3.69. The van der Waals surface area contributed by atoms with Crippen LogP contribution in [0.25, 0.3) is 0 Å². The smallest absolute Gasteiger partial charge is 0.343 e. The van der Waals surface area contributed by atoms with E-state index in [1.54, 1.807) is 6.92 Å². The summed E-state index contributed by atoms with van der Waals surface area (Å²) < 4.78 is 6.50. The van der Waals surface area contributed by atoms with Crippen molar-refractivity contribution < 1.29 is 14.3 Å². The van der Waals surface area contributed by atoms with Crippen molar-refractivity contribution in [1.82, 2.24) is 14.8 Å². The Labute approximate surface area is 89.3 Å². The Morgan fingerprint density at radius 3 is 2.94 bits per heavy atom. The van der Waals surface area contributed by atoms with Gasteiger partial charge in [-0.15, -0.1) is 0 Å². The van der Waals surface area contributed by atoms with Crippen molar-refractivity contribution in [3.63, 3.8) is 0 Å². The molecule has 0 bridgehead atoms. The van der Waals surface area contributed by atoms with Crippen LogP contribution in [0.1, 0.15) is 21.9 Å². The monoisotopic (exact) mass is 223 g/mol. The van der Waals surface area contributed by atoms with Crippen molar-refractivity contribution in [3.8, 4) is 0 Å². The summed E-state index contributed by atoms with van der Waals surface area (Å²) >= 11 is 0. The first-order valence-electron chi connectivity index (χ1n) is 4.50. The van der Waals surface area contributed by atoms with Crippen molar-refractivity contribution in [2.45, 2.75) is 13.5 Å². The van der Waals surface area contributed by atoms with Gasteiger partial charge in [0, 0.05) is 0 Å². The van der Waals surface area contributed by atoms with Gasteiger partial charge in [0.05, 0.1) is 6.54 Å². The fourth-order valence-electron chi connectivity index (χ4n) is 1.38. The van der Waals surface area contributed by atoms with E-state index in [4.69, 9.17) is 9.52 Å². The SMILES string of the molecule is Cc1oc(Cn2cn[nH]c2=O)cc1C(=O)O. The Morgan fingerprint density at radius 2 is 2.44 bits per heavy atom. The average Bonchev–Trinajstić information content (AvgIpc) is 2.75. The summed E-state index contributed by atoms with van der Waals surface area (Å²) in [5.74, 6) is -0.329. The van der Waals surface area contributed by atoms with E-state index in [9.17, 15) is 9.59 Å². The third-order valence-electron chi connectivity index (χ3n) is 2.14. The minimum Gasteiger partial charge on any atom is -0.478 e. The number of aromatic nitrogens is 3. The molecule has 2 N–H and O–H groups in total. The standard InChI is InChI=1S/C9H9N3O4/c1-5-7(8(13)14)2-6(16-5)3-12-4-10-11-9(12)15/h2,4H,3H2,1H3,(H,11,15)(H,13,14). The van der Waals surface area contributed by atoms with Crippen LogP contribution in [0.5, 0.6) is 0 Å². The fraction of sp³-hybridized carbons (Fsp3) is 0.222. The number of furan rings is 1. The third kappa shape index (κ3) is 1.74. The quantitative estimate of drug-likeness (QED) is 0.775. The van der Waals surface area contributed by atoms with Crippen molar-refractivity contribution in [1.29, 1.82) is 0 Å². The number of aryl methyl sites for hydroxylation is 1. The number of H-pyrrole nitrogens is 1. The maximum Gasteiger partial charge on any atom is 0.343 e. The lowest BCUT2D eigenvalue weighted by Crippen LogP contribution is -2.16. The maximum atomic E-state index is 11.1. The first-order chi connectivity index (χ1) is 7.58. The van der Waals surface area contributed by atoms with E-state index in [1.165, 1.54) is 17.0 Å². The highest BCUT2D eigenvalue weighted by Crippen LogP contribution is 2.14. The van der Waals surface area contributed by atoms with Gasteiger partial charge < -0.3 is 9.52 Å². The molecule has 7 nitrogen and oxygen atoms in total. The highest BCUT2D eigenvalue weighted by molar-refractivity contribution is 5.88. The summed E-state index contributed by atoms with van der Waals surface area (Å²) in [6.45, 7) is 1.72. The van der Waals surface area contributed by atoms with Crippen molar-refractivity contribution >= 4 is 5.97 Å². The highest BCUT2D eigenvalue weighted by Gasteiger charge is 2.14. The number of nitrogens with one attached hydrogen (secondary N) is 1. The van der Waals surface area contributed by atoms with Gasteiger partial charge >= 0.3 is 11.7 Å². The molecule has 2 aromatic rings. The normalized spacial score (nSPS) is 10.6. The molecule has 2 heterocycles. The number of carboxylic acid groups (broad SMARTS) is 1. The minimum atomic E-state index is -1.05. The summed E-state index contributed by atoms with van der Waals surface area (Å²) in [5, 5.41) is 14.6. The third-order valence-corrected chi connectivity index (χ3v) is 2.14. The van der Waals surface area contributed by atoms with Crippen LogP contribution in [0.4, 0.5) is 0 Å². The van der Waals surface area contributed by atoms with Gasteiger partial charge in [-0.05, 0) is 13.0 Å². The number of carbonyl (C=O) groups is 1. The Morgan fingerprint density at radius 1 is 1.69 bits per heavy atom. The van der Waals surface area contributed by atoms with Gasteiger partial charge in [0.15, 0.2) is 0 Å². The molecule has 0 aromatic carbocycles. The molecule has 0 aliphatic carbocycles.